The molecule has 0 unspecified atom stereocenters. The van der Waals surface area contributed by atoms with Crippen LogP contribution in [-0.2, 0) is 11.3 Å². The van der Waals surface area contributed by atoms with E-state index in [9.17, 15) is 9.59 Å². The van der Waals surface area contributed by atoms with E-state index in [-0.39, 0.29) is 12.2 Å². The molecule has 0 saturated carbocycles. The van der Waals surface area contributed by atoms with Crippen LogP contribution in [0.15, 0.2) is 89.3 Å². The molecular formula is C23H16N4O3S. The third-order valence-corrected chi connectivity index (χ3v) is 5.50. The zero-order valence-electron chi connectivity index (χ0n) is 16.2. The van der Waals surface area contributed by atoms with Crippen LogP contribution in [0.2, 0.25) is 0 Å². The average Bonchev–Trinajstić information content (AvgIpc) is 3.48. The van der Waals surface area contributed by atoms with Gasteiger partial charge in [-0.05, 0) is 24.3 Å². The highest BCUT2D eigenvalue weighted by Gasteiger charge is 2.13. The summed E-state index contributed by atoms with van der Waals surface area (Å²) in [5, 5.41) is 6.19. The lowest BCUT2D eigenvalue weighted by atomic mass is 10.1. The summed E-state index contributed by atoms with van der Waals surface area (Å²) in [6, 6.07) is 20.3. The molecule has 0 bridgehead atoms. The van der Waals surface area contributed by atoms with Gasteiger partial charge in [-0.2, -0.15) is 5.10 Å². The summed E-state index contributed by atoms with van der Waals surface area (Å²) < 4.78 is 8.64. The van der Waals surface area contributed by atoms with Gasteiger partial charge in [0.1, 0.15) is 6.61 Å². The van der Waals surface area contributed by atoms with Crippen LogP contribution >= 0.6 is 11.3 Å². The number of fused-ring (bicyclic) bond motifs is 1. The summed E-state index contributed by atoms with van der Waals surface area (Å²) in [6.07, 6.45) is 3.38. The second kappa shape index (κ2) is 8.00. The number of ether oxygens (including phenoxy) is 1. The fourth-order valence-corrected chi connectivity index (χ4v) is 4.02. The maximum Gasteiger partial charge on any atom is 0.338 e. The molecule has 0 saturated heterocycles. The van der Waals surface area contributed by atoms with Crippen LogP contribution in [0.25, 0.3) is 21.9 Å². The van der Waals surface area contributed by atoms with Crippen molar-refractivity contribution < 1.29 is 9.53 Å². The fourth-order valence-electron chi connectivity index (χ4n) is 3.29. The first-order chi connectivity index (χ1) is 15.2. The van der Waals surface area contributed by atoms with E-state index in [1.54, 1.807) is 40.7 Å². The molecule has 5 aromatic rings. The quantitative estimate of drug-likeness (QED) is 0.396. The summed E-state index contributed by atoms with van der Waals surface area (Å²) in [5.41, 5.74) is 3.28. The third-order valence-electron chi connectivity index (χ3n) is 4.75. The van der Waals surface area contributed by atoms with E-state index >= 15 is 0 Å². The van der Waals surface area contributed by atoms with Crippen molar-refractivity contribution in [3.8, 4) is 16.9 Å². The van der Waals surface area contributed by atoms with Gasteiger partial charge in [0.2, 0.25) is 0 Å². The molecule has 0 aliphatic carbocycles. The van der Waals surface area contributed by atoms with Crippen LogP contribution in [0.4, 0.5) is 0 Å². The Hall–Kier alpha value is -4.04. The smallest absolute Gasteiger partial charge is 0.338 e. The molecule has 3 aromatic heterocycles. The molecular weight excluding hydrogens is 412 g/mol. The molecule has 3 heterocycles. The molecule has 31 heavy (non-hydrogen) atoms. The van der Waals surface area contributed by atoms with E-state index in [1.165, 1.54) is 21.8 Å². The summed E-state index contributed by atoms with van der Waals surface area (Å²) in [4.78, 5) is 29.6. The van der Waals surface area contributed by atoms with Crippen molar-refractivity contribution in [2.24, 2.45) is 0 Å². The Morgan fingerprint density at radius 1 is 1.03 bits per heavy atom. The Morgan fingerprint density at radius 2 is 1.90 bits per heavy atom. The fraction of sp³-hybridized carbons (Fsp3) is 0.0435. The van der Waals surface area contributed by atoms with Crippen LogP contribution in [0.3, 0.4) is 0 Å². The monoisotopic (exact) mass is 428 g/mol. The number of hydrogen-bond donors (Lipinski definition) is 0. The molecule has 152 valence electrons. The molecule has 0 spiro atoms. The van der Waals surface area contributed by atoms with Crippen LogP contribution in [0, 0.1) is 0 Å². The van der Waals surface area contributed by atoms with Crippen molar-refractivity contribution in [3.05, 3.63) is 106 Å². The highest BCUT2D eigenvalue weighted by Crippen LogP contribution is 2.22. The lowest BCUT2D eigenvalue weighted by molar-refractivity contribution is 0.0467. The van der Waals surface area contributed by atoms with Gasteiger partial charge in [-0.1, -0.05) is 36.4 Å². The molecule has 0 N–H and O–H groups in total. The Balaban J connectivity index is 1.37. The van der Waals surface area contributed by atoms with E-state index in [0.717, 1.165) is 16.9 Å². The molecule has 8 heteroatoms. The van der Waals surface area contributed by atoms with Gasteiger partial charge in [0.25, 0.3) is 5.56 Å². The summed E-state index contributed by atoms with van der Waals surface area (Å²) in [6.45, 7) is -0.0796. The number of esters is 1. The topological polar surface area (TPSA) is 78.5 Å². The largest absolute Gasteiger partial charge is 0.456 e. The number of carbonyl (C=O) groups excluding carboxylic acids is 1. The molecule has 5 rings (SSSR count). The van der Waals surface area contributed by atoms with Gasteiger partial charge in [-0.25, -0.2) is 14.5 Å². The van der Waals surface area contributed by atoms with Gasteiger partial charge >= 0.3 is 5.97 Å². The van der Waals surface area contributed by atoms with E-state index in [0.29, 0.717) is 16.2 Å². The number of aromatic nitrogens is 4. The molecule has 7 nitrogen and oxygen atoms in total. The van der Waals surface area contributed by atoms with Gasteiger partial charge in [0.15, 0.2) is 4.96 Å². The van der Waals surface area contributed by atoms with Crippen molar-refractivity contribution in [2.45, 2.75) is 6.61 Å². The van der Waals surface area contributed by atoms with E-state index < -0.39 is 5.97 Å². The van der Waals surface area contributed by atoms with Gasteiger partial charge in [-0.15, -0.1) is 11.3 Å². The Labute approximate surface area is 180 Å². The molecule has 0 amide bonds. The van der Waals surface area contributed by atoms with Crippen molar-refractivity contribution in [3.63, 3.8) is 0 Å². The van der Waals surface area contributed by atoms with E-state index in [1.807, 2.05) is 42.5 Å². The van der Waals surface area contributed by atoms with Crippen LogP contribution in [0.1, 0.15) is 16.1 Å². The third kappa shape index (κ3) is 3.76. The van der Waals surface area contributed by atoms with Gasteiger partial charge < -0.3 is 4.74 Å². The number of benzene rings is 2. The van der Waals surface area contributed by atoms with Crippen LogP contribution < -0.4 is 5.56 Å². The van der Waals surface area contributed by atoms with Crippen LogP contribution in [-0.4, -0.2) is 25.1 Å². The molecule has 2 aromatic carbocycles. The summed E-state index contributed by atoms with van der Waals surface area (Å²) in [7, 11) is 0. The minimum absolute atomic E-state index is 0.0796. The first kappa shape index (κ1) is 19.0. The summed E-state index contributed by atoms with van der Waals surface area (Å²) in [5.74, 6) is -0.497. The number of thiazole rings is 1. The maximum absolute atomic E-state index is 12.6. The predicted octanol–water partition coefficient (Wildman–Crippen LogP) is 3.97. The lowest BCUT2D eigenvalue weighted by Gasteiger charge is -2.10. The predicted molar refractivity (Wildman–Crippen MR) is 117 cm³/mol. The Kier molecular flexibility index (Phi) is 4.89. The maximum atomic E-state index is 12.6. The molecule has 0 radical (unpaired) electrons. The Morgan fingerprint density at radius 3 is 2.77 bits per heavy atom. The minimum atomic E-state index is -0.497. The highest BCUT2D eigenvalue weighted by molar-refractivity contribution is 7.15. The number of nitrogens with zero attached hydrogens (tertiary/aromatic N) is 4. The second-order valence-corrected chi connectivity index (χ2v) is 7.64. The van der Waals surface area contributed by atoms with Gasteiger partial charge in [0.05, 0.1) is 28.8 Å². The number of rotatable bonds is 5. The zero-order valence-corrected chi connectivity index (χ0v) is 17.0. The molecule has 0 atom stereocenters. The second-order valence-electron chi connectivity index (χ2n) is 6.76. The molecule has 0 aliphatic heterocycles. The average molecular weight is 428 g/mol. The zero-order chi connectivity index (χ0) is 21.2. The standard InChI is InChI=1S/C23H16N4O3S/c28-21-14-18(25-23-26(21)11-12-31-23)15-30-22(29)17-7-4-8-19(13-17)27-20(9-10-24-27)16-5-2-1-3-6-16/h1-14H,15H2. The molecule has 0 fully saturated rings. The highest BCUT2D eigenvalue weighted by atomic mass is 32.1. The first-order valence-electron chi connectivity index (χ1n) is 9.52. The van der Waals surface area contributed by atoms with E-state index in [4.69, 9.17) is 4.74 Å². The minimum Gasteiger partial charge on any atom is -0.456 e. The van der Waals surface area contributed by atoms with E-state index in [2.05, 4.69) is 10.1 Å². The number of carbonyl (C=O) groups is 1. The van der Waals surface area contributed by atoms with Gasteiger partial charge in [-0.3, -0.25) is 9.20 Å². The Bertz CT molecular complexity index is 1440. The SMILES string of the molecule is O=C(OCc1cc(=O)n2ccsc2n1)c1cccc(-n2nccc2-c2ccccc2)c1. The molecule has 0 aliphatic rings. The van der Waals surface area contributed by atoms with Crippen molar-refractivity contribution in [1.29, 1.82) is 0 Å². The lowest BCUT2D eigenvalue weighted by Crippen LogP contribution is -2.14. The first-order valence-corrected chi connectivity index (χ1v) is 10.4. The van der Waals surface area contributed by atoms with Crippen molar-refractivity contribution >= 4 is 22.3 Å². The van der Waals surface area contributed by atoms with Crippen molar-refractivity contribution in [2.75, 3.05) is 0 Å². The number of hydrogen-bond acceptors (Lipinski definition) is 6. The van der Waals surface area contributed by atoms with Crippen LogP contribution in [0.5, 0.6) is 0 Å². The normalized spacial score (nSPS) is 11.0. The van der Waals surface area contributed by atoms with Crippen molar-refractivity contribution in [1.82, 2.24) is 19.2 Å². The van der Waals surface area contributed by atoms with Gasteiger partial charge in [0, 0.05) is 23.2 Å². The summed E-state index contributed by atoms with van der Waals surface area (Å²) >= 11 is 1.35.